The SMILES string of the molecule is CN=C(NCCc1ccc(F)cc1C)NCc1ccccc1S(=O)(=O)NC(C)(C)C.I. The van der Waals surface area contributed by atoms with Crippen LogP contribution in [-0.2, 0) is 23.0 Å². The molecule has 0 aromatic heterocycles. The topological polar surface area (TPSA) is 82.6 Å². The van der Waals surface area contributed by atoms with Gasteiger partial charge in [0, 0.05) is 25.7 Å². The quantitative estimate of drug-likeness (QED) is 0.273. The molecule has 0 radical (unpaired) electrons. The zero-order chi connectivity index (χ0) is 22.4. The first-order chi connectivity index (χ1) is 14.0. The van der Waals surface area contributed by atoms with E-state index in [-0.39, 0.29) is 34.7 Å². The van der Waals surface area contributed by atoms with Gasteiger partial charge in [-0.1, -0.05) is 24.3 Å². The van der Waals surface area contributed by atoms with Gasteiger partial charge in [0.05, 0.1) is 4.90 Å². The monoisotopic (exact) mass is 562 g/mol. The fourth-order valence-electron chi connectivity index (χ4n) is 3.03. The number of aryl methyl sites for hydroxylation is 1. The molecule has 172 valence electrons. The lowest BCUT2D eigenvalue weighted by atomic mass is 10.1. The van der Waals surface area contributed by atoms with E-state index in [2.05, 4.69) is 20.3 Å². The van der Waals surface area contributed by atoms with E-state index in [1.54, 1.807) is 58.2 Å². The second kappa shape index (κ2) is 11.8. The molecule has 0 saturated carbocycles. The summed E-state index contributed by atoms with van der Waals surface area (Å²) in [5, 5.41) is 6.36. The number of halogens is 2. The molecule has 0 heterocycles. The van der Waals surface area contributed by atoms with Gasteiger partial charge in [-0.25, -0.2) is 17.5 Å². The first-order valence-corrected chi connectivity index (χ1v) is 11.3. The van der Waals surface area contributed by atoms with E-state index in [9.17, 15) is 12.8 Å². The minimum atomic E-state index is -3.65. The fraction of sp³-hybridized carbons (Fsp3) is 0.409. The maximum Gasteiger partial charge on any atom is 0.241 e. The van der Waals surface area contributed by atoms with Gasteiger partial charge in [0.2, 0.25) is 10.0 Å². The third kappa shape index (κ3) is 8.74. The van der Waals surface area contributed by atoms with Crippen LogP contribution in [0.5, 0.6) is 0 Å². The molecule has 9 heteroatoms. The van der Waals surface area contributed by atoms with E-state index in [0.717, 1.165) is 11.1 Å². The standard InChI is InChI=1S/C22H31FN4O2S.HI/c1-16-14-19(23)11-10-17(16)12-13-25-21(24-5)26-15-18-8-6-7-9-20(18)30(28,29)27-22(2,3)4;/h6-11,14,27H,12-13,15H2,1-5H3,(H2,24,25,26);1H. The van der Waals surface area contributed by atoms with E-state index in [0.29, 0.717) is 31.0 Å². The zero-order valence-corrected chi connectivity index (χ0v) is 21.8. The number of hydrogen-bond donors (Lipinski definition) is 3. The molecule has 2 aromatic carbocycles. The van der Waals surface area contributed by atoms with Gasteiger partial charge in [0.25, 0.3) is 0 Å². The van der Waals surface area contributed by atoms with E-state index in [1.807, 2.05) is 6.92 Å². The van der Waals surface area contributed by atoms with Gasteiger partial charge in [0.15, 0.2) is 5.96 Å². The van der Waals surface area contributed by atoms with Crippen molar-refractivity contribution in [3.8, 4) is 0 Å². The Kier molecular flexibility index (Phi) is 10.4. The van der Waals surface area contributed by atoms with Crippen LogP contribution in [0.2, 0.25) is 0 Å². The summed E-state index contributed by atoms with van der Waals surface area (Å²) in [6, 6.07) is 11.6. The number of rotatable bonds is 7. The molecule has 0 fully saturated rings. The molecular weight excluding hydrogens is 530 g/mol. The number of guanidine groups is 1. The zero-order valence-electron chi connectivity index (χ0n) is 18.6. The number of sulfonamides is 1. The van der Waals surface area contributed by atoms with Crippen LogP contribution >= 0.6 is 24.0 Å². The Morgan fingerprint density at radius 3 is 2.35 bits per heavy atom. The van der Waals surface area contributed by atoms with Gasteiger partial charge in [-0.3, -0.25) is 4.99 Å². The molecule has 0 atom stereocenters. The number of nitrogens with one attached hydrogen (secondary N) is 3. The molecule has 2 rings (SSSR count). The summed E-state index contributed by atoms with van der Waals surface area (Å²) < 4.78 is 41.4. The summed E-state index contributed by atoms with van der Waals surface area (Å²) in [6.07, 6.45) is 0.716. The molecule has 2 aromatic rings. The van der Waals surface area contributed by atoms with Crippen LogP contribution in [0.25, 0.3) is 0 Å². The van der Waals surface area contributed by atoms with Gasteiger partial charge in [-0.2, -0.15) is 0 Å². The summed E-state index contributed by atoms with van der Waals surface area (Å²) in [6.45, 7) is 8.21. The van der Waals surface area contributed by atoms with Crippen LogP contribution in [0.4, 0.5) is 4.39 Å². The molecule has 0 unspecified atom stereocenters. The summed E-state index contributed by atoms with van der Waals surface area (Å²) in [7, 11) is -1.99. The van der Waals surface area contributed by atoms with Crippen molar-refractivity contribution in [2.75, 3.05) is 13.6 Å². The molecule has 0 aliphatic heterocycles. The number of hydrogen-bond acceptors (Lipinski definition) is 3. The molecule has 0 saturated heterocycles. The van der Waals surface area contributed by atoms with E-state index >= 15 is 0 Å². The maximum absolute atomic E-state index is 13.2. The normalized spacial score (nSPS) is 12.3. The van der Waals surface area contributed by atoms with Crippen molar-refractivity contribution >= 4 is 40.0 Å². The number of aliphatic imine (C=N–C) groups is 1. The lowest BCUT2D eigenvalue weighted by Crippen LogP contribution is -2.41. The first kappa shape index (κ1) is 27.3. The third-order valence-corrected chi connectivity index (χ3v) is 6.22. The predicted octanol–water partition coefficient (Wildman–Crippen LogP) is 3.74. The summed E-state index contributed by atoms with van der Waals surface area (Å²) in [4.78, 5) is 4.43. The van der Waals surface area contributed by atoms with E-state index < -0.39 is 15.6 Å². The molecule has 0 aliphatic rings. The predicted molar refractivity (Wildman–Crippen MR) is 135 cm³/mol. The molecule has 0 spiro atoms. The summed E-state index contributed by atoms with van der Waals surface area (Å²) in [5.41, 5.74) is 2.04. The van der Waals surface area contributed by atoms with Crippen LogP contribution in [0, 0.1) is 12.7 Å². The van der Waals surface area contributed by atoms with Crippen molar-refractivity contribution in [3.05, 3.63) is 65.0 Å². The van der Waals surface area contributed by atoms with Crippen molar-refractivity contribution < 1.29 is 12.8 Å². The van der Waals surface area contributed by atoms with Crippen molar-refractivity contribution in [3.63, 3.8) is 0 Å². The number of benzene rings is 2. The maximum atomic E-state index is 13.2. The first-order valence-electron chi connectivity index (χ1n) is 9.83. The highest BCUT2D eigenvalue weighted by Crippen LogP contribution is 2.17. The molecule has 6 nitrogen and oxygen atoms in total. The Morgan fingerprint density at radius 2 is 1.74 bits per heavy atom. The summed E-state index contributed by atoms with van der Waals surface area (Å²) >= 11 is 0. The van der Waals surface area contributed by atoms with E-state index in [1.165, 1.54) is 12.1 Å². The van der Waals surface area contributed by atoms with Gasteiger partial charge in [-0.15, -0.1) is 24.0 Å². The average Bonchev–Trinajstić information content (AvgIpc) is 2.64. The Bertz CT molecular complexity index is 1000. The molecule has 31 heavy (non-hydrogen) atoms. The average molecular weight is 562 g/mol. The highest BCUT2D eigenvalue weighted by molar-refractivity contribution is 14.0. The van der Waals surface area contributed by atoms with Gasteiger partial charge >= 0.3 is 0 Å². The molecule has 3 N–H and O–H groups in total. The van der Waals surface area contributed by atoms with Crippen molar-refractivity contribution in [1.82, 2.24) is 15.4 Å². The van der Waals surface area contributed by atoms with Gasteiger partial charge in [-0.05, 0) is 69.0 Å². The lowest BCUT2D eigenvalue weighted by molar-refractivity contribution is 0.491. The smallest absolute Gasteiger partial charge is 0.241 e. The molecule has 0 amide bonds. The highest BCUT2D eigenvalue weighted by atomic mass is 127. The van der Waals surface area contributed by atoms with Crippen molar-refractivity contribution in [2.45, 2.75) is 51.1 Å². The second-order valence-corrected chi connectivity index (χ2v) is 9.79. The minimum Gasteiger partial charge on any atom is -0.356 e. The highest BCUT2D eigenvalue weighted by Gasteiger charge is 2.24. The van der Waals surface area contributed by atoms with Crippen LogP contribution in [0.3, 0.4) is 0 Å². The van der Waals surface area contributed by atoms with Gasteiger partial charge in [0.1, 0.15) is 5.82 Å². The third-order valence-electron chi connectivity index (χ3n) is 4.36. The Hall–Kier alpha value is -1.72. The van der Waals surface area contributed by atoms with Crippen molar-refractivity contribution in [1.29, 1.82) is 0 Å². The Balaban J connectivity index is 0.00000480. The van der Waals surface area contributed by atoms with Crippen LogP contribution < -0.4 is 15.4 Å². The largest absolute Gasteiger partial charge is 0.356 e. The fourth-order valence-corrected chi connectivity index (χ4v) is 4.68. The Labute approximate surface area is 202 Å². The van der Waals surface area contributed by atoms with E-state index in [4.69, 9.17) is 0 Å². The number of nitrogens with zero attached hydrogens (tertiary/aromatic N) is 1. The second-order valence-electron chi connectivity index (χ2n) is 8.14. The van der Waals surface area contributed by atoms with Crippen LogP contribution in [0.1, 0.15) is 37.5 Å². The molecule has 0 aliphatic carbocycles. The van der Waals surface area contributed by atoms with Crippen molar-refractivity contribution in [2.24, 2.45) is 4.99 Å². The van der Waals surface area contributed by atoms with Crippen LogP contribution in [0.15, 0.2) is 52.4 Å². The van der Waals surface area contributed by atoms with Gasteiger partial charge < -0.3 is 10.6 Å². The lowest BCUT2D eigenvalue weighted by Gasteiger charge is -2.22. The van der Waals surface area contributed by atoms with Crippen LogP contribution in [-0.4, -0.2) is 33.5 Å². The Morgan fingerprint density at radius 1 is 1.06 bits per heavy atom. The minimum absolute atomic E-state index is 0. The summed E-state index contributed by atoms with van der Waals surface area (Å²) in [5.74, 6) is 0.321. The molecular formula is C22H32FIN4O2S. The molecule has 0 bridgehead atoms.